The molecule has 0 aromatic carbocycles. The van der Waals surface area contributed by atoms with Gasteiger partial charge in [-0.2, -0.15) is 0 Å². The van der Waals surface area contributed by atoms with Gasteiger partial charge in [0.25, 0.3) is 0 Å². The molecule has 0 saturated heterocycles. The quantitative estimate of drug-likeness (QED) is 0.629. The number of isocyanates is 1. The minimum absolute atomic E-state index is 0.0645. The molecule has 2 unspecified atom stereocenters. The van der Waals surface area contributed by atoms with E-state index in [1.807, 2.05) is 0 Å². The molecule has 0 bridgehead atoms. The molecule has 1 N–H and O–H groups in total. The highest BCUT2D eigenvalue weighted by Crippen LogP contribution is 2.46. The summed E-state index contributed by atoms with van der Waals surface area (Å²) in [6.45, 7) is 9.07. The Bertz CT molecular complexity index is 375. The second-order valence-corrected chi connectivity index (χ2v) is 6.53. The minimum Gasteiger partial charge on any atom is -0.450 e. The molecule has 1 saturated carbocycles. The predicted octanol–water partition coefficient (Wildman–Crippen LogP) is 2.65. The normalized spacial score (nSPS) is 29.2. The molecule has 0 aromatic heterocycles. The topological polar surface area (TPSA) is 67.8 Å². The van der Waals surface area contributed by atoms with Gasteiger partial charge in [0.2, 0.25) is 6.08 Å². The Labute approximate surface area is 114 Å². The molecular formula is C14H24N2O3. The van der Waals surface area contributed by atoms with Crippen molar-refractivity contribution in [2.24, 2.45) is 15.8 Å². The van der Waals surface area contributed by atoms with E-state index in [4.69, 9.17) is 4.74 Å². The van der Waals surface area contributed by atoms with Gasteiger partial charge in [-0.3, -0.25) is 0 Å². The van der Waals surface area contributed by atoms with Crippen molar-refractivity contribution in [1.29, 1.82) is 0 Å². The summed E-state index contributed by atoms with van der Waals surface area (Å²) in [5.74, 6) is 0. The SMILES string of the molecule is CCOC(=O)NC1CC(C)(C)CC(C)(CN=C=O)C1. The molecule has 108 valence electrons. The first-order chi connectivity index (χ1) is 8.80. The number of carbonyl (C=O) groups excluding carboxylic acids is 2. The number of nitrogens with one attached hydrogen (secondary N) is 1. The van der Waals surface area contributed by atoms with Gasteiger partial charge in [-0.15, -0.1) is 0 Å². The molecule has 0 aromatic rings. The summed E-state index contributed by atoms with van der Waals surface area (Å²) in [6, 6.07) is 0.0645. The molecule has 1 aliphatic carbocycles. The summed E-state index contributed by atoms with van der Waals surface area (Å²) < 4.78 is 4.93. The van der Waals surface area contributed by atoms with Crippen LogP contribution < -0.4 is 5.32 Å². The van der Waals surface area contributed by atoms with Crippen LogP contribution in [0.4, 0.5) is 4.79 Å². The molecule has 1 fully saturated rings. The van der Waals surface area contributed by atoms with Crippen molar-refractivity contribution in [3.05, 3.63) is 0 Å². The molecule has 1 rings (SSSR count). The number of carbonyl (C=O) groups is 1. The molecule has 0 radical (unpaired) electrons. The van der Waals surface area contributed by atoms with E-state index in [0.717, 1.165) is 19.3 Å². The van der Waals surface area contributed by atoms with E-state index in [0.29, 0.717) is 13.2 Å². The standard InChI is InChI=1S/C14H24N2O3/c1-5-19-12(18)16-11-6-13(2,3)8-14(4,7-11)9-15-10-17/h11H,5-9H2,1-4H3,(H,16,18). The summed E-state index contributed by atoms with van der Waals surface area (Å²) in [7, 11) is 0. The second-order valence-electron chi connectivity index (χ2n) is 6.53. The molecule has 0 aliphatic heterocycles. The van der Waals surface area contributed by atoms with Gasteiger partial charge in [-0.05, 0) is 37.0 Å². The smallest absolute Gasteiger partial charge is 0.407 e. The second kappa shape index (κ2) is 6.20. The van der Waals surface area contributed by atoms with Crippen LogP contribution >= 0.6 is 0 Å². The van der Waals surface area contributed by atoms with Crippen LogP contribution in [0.3, 0.4) is 0 Å². The highest BCUT2D eigenvalue weighted by atomic mass is 16.5. The molecule has 5 heteroatoms. The third kappa shape index (κ3) is 5.03. The summed E-state index contributed by atoms with van der Waals surface area (Å²) >= 11 is 0. The lowest BCUT2D eigenvalue weighted by molar-refractivity contribution is 0.0721. The van der Waals surface area contributed by atoms with Crippen LogP contribution in [0.25, 0.3) is 0 Å². The first-order valence-electron chi connectivity index (χ1n) is 6.77. The summed E-state index contributed by atoms with van der Waals surface area (Å²) in [5.41, 5.74) is 0.0267. The largest absolute Gasteiger partial charge is 0.450 e. The fourth-order valence-electron chi connectivity index (χ4n) is 3.42. The monoisotopic (exact) mass is 268 g/mol. The number of ether oxygens (including phenoxy) is 1. The van der Waals surface area contributed by atoms with Crippen molar-refractivity contribution in [1.82, 2.24) is 5.32 Å². The number of aliphatic imine (C=N–C) groups is 1. The van der Waals surface area contributed by atoms with E-state index in [1.165, 1.54) is 0 Å². The van der Waals surface area contributed by atoms with E-state index in [2.05, 4.69) is 31.1 Å². The van der Waals surface area contributed by atoms with Gasteiger partial charge in [0, 0.05) is 6.04 Å². The lowest BCUT2D eigenvalue weighted by Crippen LogP contribution is -2.48. The lowest BCUT2D eigenvalue weighted by atomic mass is 9.62. The number of hydrogen-bond donors (Lipinski definition) is 1. The third-order valence-electron chi connectivity index (χ3n) is 3.57. The number of hydrogen-bond acceptors (Lipinski definition) is 4. The maximum atomic E-state index is 11.5. The molecule has 0 spiro atoms. The first kappa shape index (κ1) is 15.7. The zero-order valence-electron chi connectivity index (χ0n) is 12.3. The Morgan fingerprint density at radius 1 is 1.42 bits per heavy atom. The van der Waals surface area contributed by atoms with E-state index >= 15 is 0 Å². The molecule has 2 atom stereocenters. The van der Waals surface area contributed by atoms with Crippen LogP contribution in [-0.4, -0.2) is 31.4 Å². The van der Waals surface area contributed by atoms with Crippen molar-refractivity contribution in [3.8, 4) is 0 Å². The van der Waals surface area contributed by atoms with Crippen LogP contribution in [-0.2, 0) is 9.53 Å². The van der Waals surface area contributed by atoms with Gasteiger partial charge < -0.3 is 10.1 Å². The zero-order chi connectivity index (χ0) is 14.5. The maximum absolute atomic E-state index is 11.5. The van der Waals surface area contributed by atoms with Crippen molar-refractivity contribution in [2.45, 2.75) is 53.0 Å². The van der Waals surface area contributed by atoms with Crippen LogP contribution in [0.5, 0.6) is 0 Å². The Morgan fingerprint density at radius 3 is 2.68 bits per heavy atom. The maximum Gasteiger partial charge on any atom is 0.407 e. The fraction of sp³-hybridized carbons (Fsp3) is 0.857. The molecule has 1 amide bonds. The lowest BCUT2D eigenvalue weighted by Gasteiger charge is -2.45. The van der Waals surface area contributed by atoms with Crippen LogP contribution in [0.2, 0.25) is 0 Å². The highest BCUT2D eigenvalue weighted by Gasteiger charge is 2.41. The average molecular weight is 268 g/mol. The van der Waals surface area contributed by atoms with Crippen LogP contribution in [0.1, 0.15) is 47.0 Å². The van der Waals surface area contributed by atoms with Crippen molar-refractivity contribution < 1.29 is 14.3 Å². The average Bonchev–Trinajstić information content (AvgIpc) is 2.23. The van der Waals surface area contributed by atoms with E-state index in [-0.39, 0.29) is 23.0 Å². The van der Waals surface area contributed by atoms with Gasteiger partial charge in [-0.25, -0.2) is 14.6 Å². The number of rotatable bonds is 4. The highest BCUT2D eigenvalue weighted by molar-refractivity contribution is 5.67. The third-order valence-corrected chi connectivity index (χ3v) is 3.57. The van der Waals surface area contributed by atoms with Gasteiger partial charge >= 0.3 is 6.09 Å². The molecule has 19 heavy (non-hydrogen) atoms. The number of amides is 1. The Morgan fingerprint density at radius 2 is 2.11 bits per heavy atom. The fourth-order valence-corrected chi connectivity index (χ4v) is 3.42. The van der Waals surface area contributed by atoms with Crippen molar-refractivity contribution in [2.75, 3.05) is 13.2 Å². The summed E-state index contributed by atoms with van der Waals surface area (Å²) in [5, 5.41) is 2.91. The zero-order valence-corrected chi connectivity index (χ0v) is 12.3. The molecule has 5 nitrogen and oxygen atoms in total. The van der Waals surface area contributed by atoms with E-state index in [9.17, 15) is 9.59 Å². The Balaban J connectivity index is 2.72. The number of alkyl carbamates (subject to hydrolysis) is 1. The van der Waals surface area contributed by atoms with Crippen LogP contribution in [0.15, 0.2) is 4.99 Å². The van der Waals surface area contributed by atoms with Gasteiger partial charge in [0.05, 0.1) is 13.2 Å². The van der Waals surface area contributed by atoms with E-state index in [1.54, 1.807) is 13.0 Å². The van der Waals surface area contributed by atoms with Crippen molar-refractivity contribution in [3.63, 3.8) is 0 Å². The molecule has 0 heterocycles. The summed E-state index contributed by atoms with van der Waals surface area (Å²) in [4.78, 5) is 25.6. The van der Waals surface area contributed by atoms with Gasteiger partial charge in [-0.1, -0.05) is 20.8 Å². The molecule has 1 aliphatic rings. The van der Waals surface area contributed by atoms with E-state index < -0.39 is 0 Å². The number of nitrogens with zero attached hydrogens (tertiary/aromatic N) is 1. The summed E-state index contributed by atoms with van der Waals surface area (Å²) in [6.07, 6.45) is 3.93. The Hall–Kier alpha value is -1.35. The minimum atomic E-state index is -0.369. The molecular weight excluding hydrogens is 244 g/mol. The Kier molecular flexibility index (Phi) is 5.12. The van der Waals surface area contributed by atoms with Crippen molar-refractivity contribution >= 4 is 12.2 Å². The van der Waals surface area contributed by atoms with Gasteiger partial charge in [0.15, 0.2) is 0 Å². The van der Waals surface area contributed by atoms with Gasteiger partial charge in [0.1, 0.15) is 0 Å². The van der Waals surface area contributed by atoms with Crippen LogP contribution in [0, 0.1) is 10.8 Å². The first-order valence-corrected chi connectivity index (χ1v) is 6.77. The predicted molar refractivity (Wildman–Crippen MR) is 72.7 cm³/mol.